The summed E-state index contributed by atoms with van der Waals surface area (Å²) in [5.74, 6) is -3.60. The zero-order chi connectivity index (χ0) is 25.8. The lowest BCUT2D eigenvalue weighted by atomic mass is 10.1. The van der Waals surface area contributed by atoms with Crippen LogP contribution in [0.2, 0.25) is 5.02 Å². The van der Waals surface area contributed by atoms with Gasteiger partial charge in [-0.1, -0.05) is 17.7 Å². The number of urea groups is 1. The number of nitrogens with zero attached hydrogens (tertiary/aromatic N) is 2. The van der Waals surface area contributed by atoms with Crippen molar-refractivity contribution in [3.8, 4) is 0 Å². The Hall–Kier alpha value is -3.12. The molecule has 0 saturated carbocycles. The molecule has 4 N–H and O–H groups in total. The summed E-state index contributed by atoms with van der Waals surface area (Å²) in [7, 11) is 0. The summed E-state index contributed by atoms with van der Waals surface area (Å²) in [5.41, 5.74) is 4.97. The number of carbonyl (C=O) groups excluding carboxylic acids is 2. The Labute approximate surface area is 203 Å². The standard InChI is InChI=1S/C22H23ClF5N5O2/c23-14-2-4-16(17(11-14)33-9-7-32(8-10-33)6-5-22(26,27)28)31-20(34)15-3-1-13(12-30-21(29)35)18(24)19(15)25/h1-4,11H,5-10,12H2,(H,31,34)(H3,29,30,35). The second-order valence-corrected chi connectivity index (χ2v) is 8.36. The van der Waals surface area contributed by atoms with Gasteiger partial charge in [0, 0.05) is 49.9 Å². The lowest BCUT2D eigenvalue weighted by Crippen LogP contribution is -2.47. The van der Waals surface area contributed by atoms with Gasteiger partial charge in [-0.15, -0.1) is 0 Å². The smallest absolute Gasteiger partial charge is 0.367 e. The average molecular weight is 520 g/mol. The van der Waals surface area contributed by atoms with E-state index in [1.807, 2.05) is 4.90 Å². The molecule has 0 aliphatic carbocycles. The molecule has 0 aromatic heterocycles. The fourth-order valence-corrected chi connectivity index (χ4v) is 3.81. The lowest BCUT2D eigenvalue weighted by molar-refractivity contribution is -0.138. The first-order chi connectivity index (χ1) is 16.4. The van der Waals surface area contributed by atoms with E-state index in [1.165, 1.54) is 12.1 Å². The molecule has 35 heavy (non-hydrogen) atoms. The van der Waals surface area contributed by atoms with Crippen molar-refractivity contribution in [3.63, 3.8) is 0 Å². The largest absolute Gasteiger partial charge is 0.390 e. The minimum atomic E-state index is -4.23. The third kappa shape index (κ3) is 7.18. The normalized spacial score (nSPS) is 14.6. The van der Waals surface area contributed by atoms with Crippen LogP contribution in [0.1, 0.15) is 22.3 Å². The summed E-state index contributed by atoms with van der Waals surface area (Å²) in [5, 5.41) is 5.05. The molecule has 7 nitrogen and oxygen atoms in total. The second-order valence-electron chi connectivity index (χ2n) is 7.93. The van der Waals surface area contributed by atoms with Crippen LogP contribution in [0.5, 0.6) is 0 Å². The maximum atomic E-state index is 14.6. The average Bonchev–Trinajstić information content (AvgIpc) is 2.79. The molecule has 2 aromatic rings. The number of carbonyl (C=O) groups is 2. The van der Waals surface area contributed by atoms with Gasteiger partial charge in [-0.05, 0) is 24.3 Å². The van der Waals surface area contributed by atoms with Crippen molar-refractivity contribution in [1.82, 2.24) is 10.2 Å². The topological polar surface area (TPSA) is 90.7 Å². The molecule has 2 aromatic carbocycles. The van der Waals surface area contributed by atoms with Gasteiger partial charge in [0.2, 0.25) is 0 Å². The Balaban J connectivity index is 1.72. The van der Waals surface area contributed by atoms with Gasteiger partial charge in [-0.3, -0.25) is 9.69 Å². The number of anilines is 2. The molecule has 1 fully saturated rings. The SMILES string of the molecule is NC(=O)NCc1ccc(C(=O)Nc2ccc(Cl)cc2N2CCN(CCC(F)(F)F)CC2)c(F)c1F. The highest BCUT2D eigenvalue weighted by Gasteiger charge is 2.29. The number of rotatable bonds is 7. The highest BCUT2D eigenvalue weighted by Crippen LogP contribution is 2.31. The summed E-state index contributed by atoms with van der Waals surface area (Å²) >= 11 is 6.11. The molecule has 190 valence electrons. The van der Waals surface area contributed by atoms with Crippen LogP contribution in [0.25, 0.3) is 0 Å². The molecule has 3 amide bonds. The number of hydrogen-bond acceptors (Lipinski definition) is 4. The third-order valence-corrected chi connectivity index (χ3v) is 5.73. The van der Waals surface area contributed by atoms with Crippen LogP contribution in [-0.2, 0) is 6.54 Å². The van der Waals surface area contributed by atoms with Crippen LogP contribution < -0.4 is 21.3 Å². The van der Waals surface area contributed by atoms with Crippen molar-refractivity contribution in [2.75, 3.05) is 42.9 Å². The maximum absolute atomic E-state index is 14.6. The molecule has 0 unspecified atom stereocenters. The van der Waals surface area contributed by atoms with Gasteiger partial charge in [0.1, 0.15) is 0 Å². The summed E-state index contributed by atoms with van der Waals surface area (Å²) in [4.78, 5) is 27.1. The number of halogens is 6. The zero-order valence-electron chi connectivity index (χ0n) is 18.4. The number of nitrogens with two attached hydrogens (primary N) is 1. The van der Waals surface area contributed by atoms with Crippen molar-refractivity contribution in [1.29, 1.82) is 0 Å². The van der Waals surface area contributed by atoms with Crippen molar-refractivity contribution in [2.45, 2.75) is 19.1 Å². The van der Waals surface area contributed by atoms with Crippen LogP contribution in [0.15, 0.2) is 30.3 Å². The molecular weight excluding hydrogens is 497 g/mol. The van der Waals surface area contributed by atoms with Crippen molar-refractivity contribution in [2.24, 2.45) is 5.73 Å². The second kappa shape index (κ2) is 11.1. The van der Waals surface area contributed by atoms with Crippen molar-refractivity contribution >= 4 is 34.9 Å². The first-order valence-corrected chi connectivity index (χ1v) is 11.0. The first-order valence-electron chi connectivity index (χ1n) is 10.6. The Morgan fingerprint density at radius 3 is 2.34 bits per heavy atom. The van der Waals surface area contributed by atoms with E-state index in [1.54, 1.807) is 11.0 Å². The number of piperazine rings is 1. The number of amides is 3. The Morgan fingerprint density at radius 1 is 1.03 bits per heavy atom. The van der Waals surface area contributed by atoms with Gasteiger partial charge in [0.05, 0.1) is 23.4 Å². The van der Waals surface area contributed by atoms with Gasteiger partial charge < -0.3 is 21.3 Å². The van der Waals surface area contributed by atoms with E-state index in [0.29, 0.717) is 36.9 Å². The Morgan fingerprint density at radius 2 is 1.71 bits per heavy atom. The van der Waals surface area contributed by atoms with Crippen LogP contribution in [0.4, 0.5) is 38.1 Å². The van der Waals surface area contributed by atoms with Gasteiger partial charge in [-0.25, -0.2) is 13.6 Å². The number of primary amides is 1. The van der Waals surface area contributed by atoms with Crippen LogP contribution in [-0.4, -0.2) is 55.7 Å². The molecule has 1 aliphatic heterocycles. The summed E-state index contributed by atoms with van der Waals surface area (Å²) < 4.78 is 66.4. The van der Waals surface area contributed by atoms with Gasteiger partial charge >= 0.3 is 12.2 Å². The minimum absolute atomic E-state index is 0.105. The molecule has 0 bridgehead atoms. The zero-order valence-corrected chi connectivity index (χ0v) is 19.1. The predicted octanol–water partition coefficient (Wildman–Crippen LogP) is 4.11. The summed E-state index contributed by atoms with van der Waals surface area (Å²) in [6.07, 6.45) is -5.13. The maximum Gasteiger partial charge on any atom is 0.390 e. The van der Waals surface area contributed by atoms with E-state index >= 15 is 0 Å². The molecule has 1 aliphatic rings. The Kier molecular flexibility index (Phi) is 8.39. The molecule has 1 heterocycles. The van der Waals surface area contributed by atoms with Gasteiger partial charge in [0.25, 0.3) is 5.91 Å². The summed E-state index contributed by atoms with van der Waals surface area (Å²) in [6, 6.07) is 5.93. The van der Waals surface area contributed by atoms with Crippen LogP contribution in [0, 0.1) is 11.6 Å². The Bertz CT molecular complexity index is 1090. The van der Waals surface area contributed by atoms with Crippen LogP contribution in [0.3, 0.4) is 0 Å². The van der Waals surface area contributed by atoms with E-state index in [-0.39, 0.29) is 24.3 Å². The van der Waals surface area contributed by atoms with E-state index in [2.05, 4.69) is 10.6 Å². The monoisotopic (exact) mass is 519 g/mol. The highest BCUT2D eigenvalue weighted by molar-refractivity contribution is 6.31. The first kappa shape index (κ1) is 26.5. The number of nitrogens with one attached hydrogen (secondary N) is 2. The van der Waals surface area contributed by atoms with Crippen LogP contribution >= 0.6 is 11.6 Å². The number of alkyl halides is 3. The number of hydrogen-bond donors (Lipinski definition) is 3. The quantitative estimate of drug-likeness (QED) is 0.480. The molecule has 0 spiro atoms. The van der Waals surface area contributed by atoms with E-state index in [9.17, 15) is 31.5 Å². The summed E-state index contributed by atoms with van der Waals surface area (Å²) in [6.45, 7) is 1.05. The predicted molar refractivity (Wildman–Crippen MR) is 122 cm³/mol. The molecule has 0 atom stereocenters. The molecular formula is C22H23ClF5N5O2. The molecule has 13 heteroatoms. The highest BCUT2D eigenvalue weighted by atomic mass is 35.5. The van der Waals surface area contributed by atoms with E-state index < -0.39 is 41.7 Å². The minimum Gasteiger partial charge on any atom is -0.367 e. The number of benzene rings is 2. The third-order valence-electron chi connectivity index (χ3n) is 5.49. The van der Waals surface area contributed by atoms with E-state index in [4.69, 9.17) is 17.3 Å². The molecule has 0 radical (unpaired) electrons. The van der Waals surface area contributed by atoms with Gasteiger partial charge in [-0.2, -0.15) is 13.2 Å². The van der Waals surface area contributed by atoms with Gasteiger partial charge in [0.15, 0.2) is 11.6 Å². The molecule has 1 saturated heterocycles. The fourth-order valence-electron chi connectivity index (χ4n) is 3.64. The van der Waals surface area contributed by atoms with E-state index in [0.717, 1.165) is 12.1 Å². The van der Waals surface area contributed by atoms with Crippen molar-refractivity contribution in [3.05, 3.63) is 58.1 Å². The lowest BCUT2D eigenvalue weighted by Gasteiger charge is -2.37. The van der Waals surface area contributed by atoms with Crippen molar-refractivity contribution < 1.29 is 31.5 Å². The molecule has 3 rings (SSSR count). The fraction of sp³-hybridized carbons (Fsp3) is 0.364.